The molecule has 19 aromatic rings. The highest BCUT2D eigenvalue weighted by molar-refractivity contribution is 6.26. The summed E-state index contributed by atoms with van der Waals surface area (Å²) in [4.78, 5) is 20.3. The smallest absolute Gasteiger partial charge is 0.143 e. The first-order valence-electron chi connectivity index (χ1n) is 29.7. The molecule has 0 fully saturated rings. The van der Waals surface area contributed by atoms with Crippen molar-refractivity contribution in [2.45, 2.75) is 0 Å². The van der Waals surface area contributed by atoms with Gasteiger partial charge in [-0.25, -0.2) is 9.97 Å². The van der Waals surface area contributed by atoms with Gasteiger partial charge in [-0.2, -0.15) is 0 Å². The lowest BCUT2D eigenvalue weighted by molar-refractivity contribution is 0.669. The number of aromatic nitrogens is 4. The maximum absolute atomic E-state index is 6.85. The first-order valence-corrected chi connectivity index (χ1v) is 29.7. The summed E-state index contributed by atoms with van der Waals surface area (Å²) in [7, 11) is 0. The molecule has 0 spiro atoms. The second kappa shape index (κ2) is 19.9. The Morgan fingerprint density at radius 1 is 0.227 bits per heavy atom. The lowest BCUT2D eigenvalue weighted by Gasteiger charge is -2.11. The van der Waals surface area contributed by atoms with Crippen LogP contribution < -0.4 is 0 Å². The number of furan rings is 2. The second-order valence-electron chi connectivity index (χ2n) is 22.7. The number of para-hydroxylation sites is 1. The Bertz CT molecular complexity index is 6000. The monoisotopic (exact) mass is 1120 g/mol. The molecule has 408 valence electrons. The Hall–Kier alpha value is -11.9. The van der Waals surface area contributed by atoms with Gasteiger partial charge in [0.05, 0.1) is 45.8 Å². The van der Waals surface area contributed by atoms with E-state index in [9.17, 15) is 0 Å². The summed E-state index contributed by atoms with van der Waals surface area (Å²) in [5, 5.41) is 18.7. The summed E-state index contributed by atoms with van der Waals surface area (Å²) in [5.74, 6) is 0. The van der Waals surface area contributed by atoms with E-state index in [1.807, 2.05) is 12.4 Å². The molecule has 6 heteroatoms. The first kappa shape index (κ1) is 49.6. The maximum atomic E-state index is 6.85. The molecule has 0 radical (unpaired) electrons. The fourth-order valence-electron chi connectivity index (χ4n) is 13.6. The summed E-state index contributed by atoms with van der Waals surface area (Å²) in [6.45, 7) is 0. The quantitative estimate of drug-likeness (QED) is 0.160. The minimum absolute atomic E-state index is 0.852. The molecule has 0 atom stereocenters. The van der Waals surface area contributed by atoms with Gasteiger partial charge in [0.25, 0.3) is 0 Å². The normalized spacial score (nSPS) is 11.9. The van der Waals surface area contributed by atoms with Crippen LogP contribution in [0.1, 0.15) is 0 Å². The standard InChI is InChI=1S/C44H26N2O.C38H22N2O/c1-2-11-27(12-3-1)38-25-30-13-4-5-14-31(30)40-37-20-10-19-32(43(37)47-44(38)40)28-21-23-29(24-22-28)39-26-45-41-35-17-8-6-15-33(35)34-16-7-9-18-36(34)42(41)46-39;1-2-11-27-23(8-1)16-19-35-36(27)32-21-25(17-18-34(32)41-35)24-9-7-10-26(20-24)33-22-39-37-30-14-5-3-12-28(30)29-13-4-6-15-31(29)38(37)40-33/h1-26H;1-22H. The van der Waals surface area contributed by atoms with Gasteiger partial charge in [-0.15, -0.1) is 0 Å². The number of fused-ring (bicyclic) bond motifs is 22. The first-order chi connectivity index (χ1) is 43.6. The van der Waals surface area contributed by atoms with Crippen LogP contribution in [0.15, 0.2) is 300 Å². The van der Waals surface area contributed by atoms with E-state index in [1.165, 1.54) is 43.1 Å². The maximum Gasteiger partial charge on any atom is 0.143 e. The number of nitrogens with zero attached hydrogens (tertiary/aromatic N) is 4. The van der Waals surface area contributed by atoms with Gasteiger partial charge in [-0.1, -0.05) is 249 Å². The van der Waals surface area contributed by atoms with E-state index >= 15 is 0 Å². The second-order valence-corrected chi connectivity index (χ2v) is 22.7. The molecule has 0 aliphatic heterocycles. The Balaban J connectivity index is 0.000000133. The van der Waals surface area contributed by atoms with E-state index in [0.717, 1.165) is 143 Å². The predicted molar refractivity (Wildman–Crippen MR) is 366 cm³/mol. The zero-order chi connectivity index (χ0) is 57.8. The molecule has 0 unspecified atom stereocenters. The van der Waals surface area contributed by atoms with Gasteiger partial charge in [0.2, 0.25) is 0 Å². The van der Waals surface area contributed by atoms with Gasteiger partial charge in [-0.05, 0) is 95.7 Å². The van der Waals surface area contributed by atoms with Gasteiger partial charge in [0.15, 0.2) is 0 Å². The van der Waals surface area contributed by atoms with Crippen molar-refractivity contribution in [1.82, 2.24) is 19.9 Å². The highest BCUT2D eigenvalue weighted by Gasteiger charge is 2.21. The molecular weight excluding hydrogens is 1070 g/mol. The van der Waals surface area contributed by atoms with E-state index in [4.69, 9.17) is 28.8 Å². The molecule has 0 bridgehead atoms. The fourth-order valence-corrected chi connectivity index (χ4v) is 13.6. The molecule has 0 saturated heterocycles. The third-order valence-electron chi connectivity index (χ3n) is 17.8. The van der Waals surface area contributed by atoms with Crippen LogP contribution in [0, 0.1) is 0 Å². The van der Waals surface area contributed by atoms with E-state index in [1.54, 1.807) is 0 Å². The number of benzene rings is 15. The molecule has 19 rings (SSSR count). The minimum Gasteiger partial charge on any atom is -0.456 e. The average Bonchev–Trinajstić information content (AvgIpc) is 1.44. The van der Waals surface area contributed by atoms with Crippen LogP contribution in [0.2, 0.25) is 0 Å². The van der Waals surface area contributed by atoms with E-state index in [2.05, 4.69) is 279 Å². The zero-order valence-corrected chi connectivity index (χ0v) is 47.3. The Kier molecular flexibility index (Phi) is 11.2. The third-order valence-corrected chi connectivity index (χ3v) is 17.8. The van der Waals surface area contributed by atoms with Gasteiger partial charge < -0.3 is 8.83 Å². The van der Waals surface area contributed by atoms with Crippen molar-refractivity contribution in [2.24, 2.45) is 0 Å². The van der Waals surface area contributed by atoms with Crippen molar-refractivity contribution >= 4 is 131 Å². The molecule has 88 heavy (non-hydrogen) atoms. The van der Waals surface area contributed by atoms with Crippen molar-refractivity contribution < 1.29 is 8.83 Å². The Labute approximate surface area is 503 Å². The topological polar surface area (TPSA) is 77.8 Å². The van der Waals surface area contributed by atoms with E-state index in [0.29, 0.717) is 0 Å². The zero-order valence-electron chi connectivity index (χ0n) is 47.3. The lowest BCUT2D eigenvalue weighted by atomic mass is 9.95. The molecule has 0 aliphatic rings. The van der Waals surface area contributed by atoms with Crippen LogP contribution in [-0.2, 0) is 0 Å². The minimum atomic E-state index is 0.852. The highest BCUT2D eigenvalue weighted by Crippen LogP contribution is 2.45. The van der Waals surface area contributed by atoms with Crippen LogP contribution in [0.3, 0.4) is 0 Å². The van der Waals surface area contributed by atoms with E-state index in [-0.39, 0.29) is 0 Å². The largest absolute Gasteiger partial charge is 0.456 e. The van der Waals surface area contributed by atoms with Crippen LogP contribution >= 0.6 is 0 Å². The molecular formula is C82H48N4O2. The predicted octanol–water partition coefficient (Wildman–Crippen LogP) is 22.3. The third kappa shape index (κ3) is 7.89. The fraction of sp³-hybridized carbons (Fsp3) is 0. The Morgan fingerprint density at radius 3 is 1.33 bits per heavy atom. The van der Waals surface area contributed by atoms with Gasteiger partial charge >= 0.3 is 0 Å². The average molecular weight is 1120 g/mol. The van der Waals surface area contributed by atoms with Crippen molar-refractivity contribution in [1.29, 1.82) is 0 Å². The van der Waals surface area contributed by atoms with Crippen LogP contribution in [0.5, 0.6) is 0 Å². The lowest BCUT2D eigenvalue weighted by Crippen LogP contribution is -1.92. The molecule has 0 saturated carbocycles. The summed E-state index contributed by atoms with van der Waals surface area (Å²) in [5.41, 5.74) is 17.8. The molecule has 0 amide bonds. The van der Waals surface area contributed by atoms with Crippen molar-refractivity contribution in [3.8, 4) is 55.9 Å². The number of rotatable bonds is 5. The van der Waals surface area contributed by atoms with Gasteiger partial charge in [-0.3, -0.25) is 9.97 Å². The summed E-state index contributed by atoms with van der Waals surface area (Å²) < 4.78 is 13.1. The molecule has 0 N–H and O–H groups in total. The number of hydrogen-bond acceptors (Lipinski definition) is 6. The van der Waals surface area contributed by atoms with Crippen LogP contribution in [0.25, 0.3) is 186 Å². The molecule has 4 aromatic heterocycles. The van der Waals surface area contributed by atoms with Crippen molar-refractivity contribution in [2.75, 3.05) is 0 Å². The molecule has 0 aliphatic carbocycles. The van der Waals surface area contributed by atoms with Crippen molar-refractivity contribution in [3.63, 3.8) is 0 Å². The van der Waals surface area contributed by atoms with Gasteiger partial charge in [0.1, 0.15) is 22.3 Å². The van der Waals surface area contributed by atoms with Crippen LogP contribution in [-0.4, -0.2) is 19.9 Å². The van der Waals surface area contributed by atoms with Crippen LogP contribution in [0.4, 0.5) is 0 Å². The van der Waals surface area contributed by atoms with E-state index < -0.39 is 0 Å². The number of hydrogen-bond donors (Lipinski definition) is 0. The molecule has 15 aromatic carbocycles. The Morgan fingerprint density at radius 2 is 0.682 bits per heavy atom. The molecule has 4 heterocycles. The van der Waals surface area contributed by atoms with Crippen molar-refractivity contribution in [3.05, 3.63) is 291 Å². The summed E-state index contributed by atoms with van der Waals surface area (Å²) in [6, 6.07) is 98.0. The molecule has 6 nitrogen and oxygen atoms in total. The SMILES string of the molecule is c1cc(-c2ccc3oc4ccc5ccccc5c4c3c2)cc(-c2cnc3c4ccccc4c4ccccc4c3n2)c1.c1ccc(-c2cc3ccccc3c3c2oc2c(-c4ccc(-c5cnc6c7ccccc7c7ccccc7c6n5)cc4)cccc23)cc1. The highest BCUT2D eigenvalue weighted by atomic mass is 16.3. The summed E-state index contributed by atoms with van der Waals surface area (Å²) >= 11 is 0. The van der Waals surface area contributed by atoms with Gasteiger partial charge in [0, 0.05) is 65.3 Å². The summed E-state index contributed by atoms with van der Waals surface area (Å²) in [6.07, 6.45) is 3.80.